The second kappa shape index (κ2) is 9.65. The van der Waals surface area contributed by atoms with Crippen LogP contribution in [0.4, 0.5) is 0 Å². The van der Waals surface area contributed by atoms with Crippen LogP contribution in [0.25, 0.3) is 0 Å². The van der Waals surface area contributed by atoms with Crippen LogP contribution < -0.4 is 11.5 Å². The summed E-state index contributed by atoms with van der Waals surface area (Å²) in [5.41, 5.74) is 11.3. The van der Waals surface area contributed by atoms with Crippen molar-refractivity contribution in [3.63, 3.8) is 0 Å². The Morgan fingerprint density at radius 2 is 1.20 bits per heavy atom. The smallest absolute Gasteiger partial charge is 0.759 e. The van der Waals surface area contributed by atoms with Crippen LogP contribution in [0, 0.1) is 0 Å². The molecule has 96 valence electrons. The molecule has 1 rings (SSSR count). The van der Waals surface area contributed by atoms with Crippen molar-refractivity contribution in [1.82, 2.24) is 0 Å². The van der Waals surface area contributed by atoms with Gasteiger partial charge in [-0.15, -0.1) is 0 Å². The van der Waals surface area contributed by atoms with Gasteiger partial charge in [0.2, 0.25) is 0 Å². The van der Waals surface area contributed by atoms with Crippen molar-refractivity contribution < 1.29 is 44.1 Å². The summed E-state index contributed by atoms with van der Waals surface area (Å²) in [5.74, 6) is 0. The third kappa shape index (κ3) is 17.1. The van der Waals surface area contributed by atoms with Gasteiger partial charge in [-0.1, -0.05) is 12.8 Å². The second-order valence-corrected chi connectivity index (χ2v) is 3.84. The third-order valence-corrected chi connectivity index (χ3v) is 1.87. The van der Waals surface area contributed by atoms with E-state index in [4.69, 9.17) is 29.0 Å². The van der Waals surface area contributed by atoms with Crippen LogP contribution in [0.15, 0.2) is 0 Å². The Morgan fingerprint density at radius 3 is 1.33 bits per heavy atom. The quantitative estimate of drug-likeness (QED) is 0.340. The largest absolute Gasteiger partial charge is 2.00 e. The molecule has 15 heavy (non-hydrogen) atoms. The van der Waals surface area contributed by atoms with Crippen LogP contribution in [-0.4, -0.2) is 35.1 Å². The van der Waals surface area contributed by atoms with Gasteiger partial charge in [0.15, 0.2) is 0 Å². The summed E-state index contributed by atoms with van der Waals surface area (Å²) in [6, 6.07) is 0.562. The van der Waals surface area contributed by atoms with Gasteiger partial charge in [0.05, 0.1) is 0 Å². The van der Waals surface area contributed by atoms with Crippen molar-refractivity contribution in [2.45, 2.75) is 37.8 Å². The second-order valence-electron chi connectivity index (χ2n) is 3.02. The van der Waals surface area contributed by atoms with E-state index >= 15 is 0 Å². The Balaban J connectivity index is -0.000000185. The fourth-order valence-electron chi connectivity index (χ4n) is 1.19. The number of hydrogen-bond donors (Lipinski definition) is 2. The molecule has 0 aliphatic heterocycles. The fourth-order valence-corrected chi connectivity index (χ4v) is 1.19. The molecule has 1 fully saturated rings. The van der Waals surface area contributed by atoms with Crippen LogP contribution in [0.3, 0.4) is 0 Å². The summed E-state index contributed by atoms with van der Waals surface area (Å²) in [7, 11) is -5.17. The number of rotatable bonds is 0. The maximum absolute atomic E-state index is 8.52. The van der Waals surface area contributed by atoms with E-state index in [-0.39, 0.29) is 38.6 Å². The summed E-state index contributed by atoms with van der Waals surface area (Å²) in [5, 5.41) is 0. The SMILES string of the molecule is NC1CCCCC1N.O.O=S(=O)([O-])[O-].[Pt+2]. The van der Waals surface area contributed by atoms with E-state index in [0.717, 1.165) is 12.8 Å². The molecular weight excluding hydrogens is 407 g/mol. The first kappa shape index (κ1) is 20.8. The van der Waals surface area contributed by atoms with Crippen molar-refractivity contribution in [3.8, 4) is 0 Å². The molecule has 6 N–H and O–H groups in total. The van der Waals surface area contributed by atoms with E-state index in [1.165, 1.54) is 12.8 Å². The molecular formula is C6H16N2O5PtS. The zero-order valence-corrected chi connectivity index (χ0v) is 11.1. The van der Waals surface area contributed by atoms with Gasteiger partial charge in [-0.2, -0.15) is 0 Å². The van der Waals surface area contributed by atoms with Gasteiger partial charge in [0.1, 0.15) is 0 Å². The molecule has 0 saturated heterocycles. The normalized spacial score (nSPS) is 25.1. The van der Waals surface area contributed by atoms with Gasteiger partial charge in [0, 0.05) is 22.5 Å². The molecule has 0 bridgehead atoms. The summed E-state index contributed by atoms with van der Waals surface area (Å²) in [4.78, 5) is 0. The molecule has 0 aromatic rings. The molecule has 1 saturated carbocycles. The van der Waals surface area contributed by atoms with Gasteiger partial charge >= 0.3 is 21.1 Å². The fraction of sp³-hybridized carbons (Fsp3) is 1.00. The van der Waals surface area contributed by atoms with Crippen LogP contribution in [0.2, 0.25) is 0 Å². The monoisotopic (exact) mass is 423 g/mol. The minimum atomic E-state index is -5.17. The number of nitrogens with two attached hydrogens (primary N) is 2. The maximum atomic E-state index is 8.52. The molecule has 0 aromatic carbocycles. The topological polar surface area (TPSA) is 164 Å². The van der Waals surface area contributed by atoms with Gasteiger partial charge in [-0.3, -0.25) is 8.42 Å². The average molecular weight is 423 g/mol. The minimum absolute atomic E-state index is 0. The van der Waals surface area contributed by atoms with E-state index in [1.54, 1.807) is 0 Å². The van der Waals surface area contributed by atoms with E-state index in [1.807, 2.05) is 0 Å². The summed E-state index contributed by atoms with van der Waals surface area (Å²) in [6.45, 7) is 0. The summed E-state index contributed by atoms with van der Waals surface area (Å²) in [6.07, 6.45) is 4.80. The zero-order chi connectivity index (χ0) is 10.5. The minimum Gasteiger partial charge on any atom is -0.759 e. The molecule has 0 spiro atoms. The first-order valence-corrected chi connectivity index (χ1v) is 5.32. The van der Waals surface area contributed by atoms with Crippen molar-refractivity contribution in [1.29, 1.82) is 0 Å². The van der Waals surface area contributed by atoms with Crippen molar-refractivity contribution in [2.24, 2.45) is 11.5 Å². The summed E-state index contributed by atoms with van der Waals surface area (Å²) >= 11 is 0. The van der Waals surface area contributed by atoms with Crippen LogP contribution >= 0.6 is 0 Å². The first-order chi connectivity index (χ1) is 5.80. The van der Waals surface area contributed by atoms with Gasteiger partial charge in [-0.25, -0.2) is 0 Å². The number of hydrogen-bond acceptors (Lipinski definition) is 6. The Hall–Kier alpha value is 0.438. The molecule has 0 heterocycles. The molecule has 2 atom stereocenters. The zero-order valence-electron chi connectivity index (χ0n) is 8.00. The molecule has 7 nitrogen and oxygen atoms in total. The predicted molar refractivity (Wildman–Crippen MR) is 48.5 cm³/mol. The Labute approximate surface area is 104 Å². The van der Waals surface area contributed by atoms with Gasteiger partial charge < -0.3 is 26.0 Å². The van der Waals surface area contributed by atoms with E-state index in [2.05, 4.69) is 0 Å². The van der Waals surface area contributed by atoms with Crippen LogP contribution in [-0.2, 0) is 31.5 Å². The van der Waals surface area contributed by atoms with Crippen LogP contribution in [0.1, 0.15) is 25.7 Å². The summed E-state index contributed by atoms with van der Waals surface area (Å²) < 4.78 is 34.1. The van der Waals surface area contributed by atoms with Crippen LogP contribution in [0.5, 0.6) is 0 Å². The first-order valence-electron chi connectivity index (χ1n) is 3.98. The van der Waals surface area contributed by atoms with E-state index in [0.29, 0.717) is 0 Å². The standard InChI is InChI=1S/C6H14N2.H2O4S.H2O.Pt/c7-5-3-1-2-4-6(5)8;1-5(2,3)4;;/h5-6H,1-4,7-8H2;(H2,1,2,3,4);1H2;/q;;;+2/p-2. The van der Waals surface area contributed by atoms with Gasteiger partial charge in [-0.05, 0) is 12.8 Å². The Morgan fingerprint density at radius 1 is 1.00 bits per heavy atom. The molecule has 1 aliphatic carbocycles. The molecule has 0 radical (unpaired) electrons. The van der Waals surface area contributed by atoms with Crippen molar-refractivity contribution in [2.75, 3.05) is 0 Å². The third-order valence-electron chi connectivity index (χ3n) is 1.87. The molecule has 9 heteroatoms. The van der Waals surface area contributed by atoms with Crippen molar-refractivity contribution in [3.05, 3.63) is 0 Å². The predicted octanol–water partition coefficient (Wildman–Crippen LogP) is -1.95. The van der Waals surface area contributed by atoms with E-state index in [9.17, 15) is 0 Å². The maximum Gasteiger partial charge on any atom is 2.00 e. The molecule has 0 aromatic heterocycles. The average Bonchev–Trinajstić information content (AvgIpc) is 1.92. The van der Waals surface area contributed by atoms with Crippen molar-refractivity contribution >= 4 is 10.4 Å². The molecule has 1 aliphatic rings. The van der Waals surface area contributed by atoms with Gasteiger partial charge in [0.25, 0.3) is 0 Å². The molecule has 0 amide bonds. The Bertz CT molecular complexity index is 218. The van der Waals surface area contributed by atoms with E-state index < -0.39 is 10.4 Å². The Kier molecular flexibility index (Phi) is 13.4. The molecule has 2 unspecified atom stereocenters.